The van der Waals surface area contributed by atoms with E-state index in [1.165, 1.54) is 7.11 Å². The van der Waals surface area contributed by atoms with Crippen LogP contribution in [0.3, 0.4) is 0 Å². The van der Waals surface area contributed by atoms with Crippen LogP contribution < -0.4 is 10.5 Å². The Kier molecular flexibility index (Phi) is 3.97. The molecule has 1 saturated carbocycles. The van der Waals surface area contributed by atoms with Crippen molar-refractivity contribution in [2.75, 3.05) is 13.7 Å². The minimum Gasteiger partial charge on any atom is -0.492 e. The number of halogens is 2. The van der Waals surface area contributed by atoms with Crippen molar-refractivity contribution in [3.05, 3.63) is 27.5 Å². The second-order valence-electron chi connectivity index (χ2n) is 5.09. The van der Waals surface area contributed by atoms with Gasteiger partial charge in [-0.1, -0.05) is 18.9 Å². The predicted molar refractivity (Wildman–Crippen MR) is 74.6 cm³/mol. The Labute approximate surface area is 116 Å². The Balaban J connectivity index is 2.60. The molecular weight excluding hydrogens is 297 g/mol. The molecule has 0 atom stereocenters. The van der Waals surface area contributed by atoms with Gasteiger partial charge in [-0.25, -0.2) is 4.39 Å². The van der Waals surface area contributed by atoms with Crippen LogP contribution in [0, 0.1) is 12.7 Å². The first-order valence-corrected chi connectivity index (χ1v) is 7.08. The topological polar surface area (TPSA) is 35.2 Å². The van der Waals surface area contributed by atoms with Crippen molar-refractivity contribution in [1.82, 2.24) is 0 Å². The van der Waals surface area contributed by atoms with E-state index in [0.29, 0.717) is 16.8 Å². The summed E-state index contributed by atoms with van der Waals surface area (Å²) in [6.07, 6.45) is 4.16. The van der Waals surface area contributed by atoms with Gasteiger partial charge in [-0.05, 0) is 46.8 Å². The molecule has 1 aromatic carbocycles. The minimum absolute atomic E-state index is 0.206. The third kappa shape index (κ3) is 2.05. The number of methoxy groups -OCH3 is 1. The normalized spacial score (nSPS) is 18.1. The highest BCUT2D eigenvalue weighted by Crippen LogP contribution is 2.45. The van der Waals surface area contributed by atoms with Gasteiger partial charge in [-0.3, -0.25) is 0 Å². The average molecular weight is 316 g/mol. The van der Waals surface area contributed by atoms with E-state index in [1.807, 2.05) is 13.0 Å². The minimum atomic E-state index is -0.262. The number of nitrogens with two attached hydrogens (primary N) is 1. The van der Waals surface area contributed by atoms with Gasteiger partial charge in [0.1, 0.15) is 0 Å². The molecule has 0 spiro atoms. The van der Waals surface area contributed by atoms with Crippen LogP contribution >= 0.6 is 15.9 Å². The third-order valence-corrected chi connectivity index (χ3v) is 5.05. The van der Waals surface area contributed by atoms with Gasteiger partial charge in [-0.15, -0.1) is 0 Å². The van der Waals surface area contributed by atoms with Gasteiger partial charge >= 0.3 is 0 Å². The molecule has 1 aliphatic carbocycles. The molecule has 18 heavy (non-hydrogen) atoms. The molecule has 0 unspecified atom stereocenters. The average Bonchev–Trinajstić information content (AvgIpc) is 2.84. The van der Waals surface area contributed by atoms with Crippen LogP contribution in [0.25, 0.3) is 0 Å². The summed E-state index contributed by atoms with van der Waals surface area (Å²) in [7, 11) is 1.50. The van der Waals surface area contributed by atoms with Crippen LogP contribution in [0.2, 0.25) is 0 Å². The summed E-state index contributed by atoms with van der Waals surface area (Å²) >= 11 is 3.38. The van der Waals surface area contributed by atoms with E-state index < -0.39 is 0 Å². The highest BCUT2D eigenvalue weighted by molar-refractivity contribution is 9.10. The van der Waals surface area contributed by atoms with Crippen molar-refractivity contribution < 1.29 is 9.13 Å². The molecule has 4 heteroatoms. The Morgan fingerprint density at radius 1 is 1.44 bits per heavy atom. The van der Waals surface area contributed by atoms with E-state index in [0.717, 1.165) is 36.8 Å². The zero-order chi connectivity index (χ0) is 13.3. The molecule has 1 aliphatic rings. The molecule has 2 nitrogen and oxygen atoms in total. The van der Waals surface area contributed by atoms with E-state index >= 15 is 0 Å². The van der Waals surface area contributed by atoms with E-state index in [4.69, 9.17) is 10.5 Å². The van der Waals surface area contributed by atoms with Crippen molar-refractivity contribution in [2.24, 2.45) is 5.73 Å². The van der Waals surface area contributed by atoms with Gasteiger partial charge in [0.05, 0.1) is 11.6 Å². The summed E-state index contributed by atoms with van der Waals surface area (Å²) in [5, 5.41) is 0. The Hall–Kier alpha value is -0.610. The second kappa shape index (κ2) is 5.17. The van der Waals surface area contributed by atoms with Gasteiger partial charge in [-0.2, -0.15) is 0 Å². The first-order valence-electron chi connectivity index (χ1n) is 6.29. The lowest BCUT2D eigenvalue weighted by molar-refractivity contribution is 0.364. The Bertz CT molecular complexity index is 456. The monoisotopic (exact) mass is 315 g/mol. The van der Waals surface area contributed by atoms with Gasteiger partial charge in [0.15, 0.2) is 11.6 Å². The largest absolute Gasteiger partial charge is 0.492 e. The molecule has 100 valence electrons. The second-order valence-corrected chi connectivity index (χ2v) is 5.89. The highest BCUT2D eigenvalue weighted by atomic mass is 79.9. The zero-order valence-corrected chi connectivity index (χ0v) is 12.4. The molecular formula is C14H19BrFNO. The molecule has 0 bridgehead atoms. The fourth-order valence-electron chi connectivity index (χ4n) is 2.94. The Morgan fingerprint density at radius 2 is 2.06 bits per heavy atom. The van der Waals surface area contributed by atoms with E-state index in [2.05, 4.69) is 15.9 Å². The number of ether oxygens (including phenoxy) is 1. The van der Waals surface area contributed by atoms with Crippen LogP contribution in [-0.2, 0) is 5.41 Å². The third-order valence-electron chi connectivity index (χ3n) is 4.07. The van der Waals surface area contributed by atoms with Crippen molar-refractivity contribution in [2.45, 2.75) is 38.0 Å². The fourth-order valence-corrected chi connectivity index (χ4v) is 3.39. The standard InChI is InChI=1S/C14H19BrFNO/c1-9-7-10(12(16)13(18-2)11(9)15)14(8-17)5-3-4-6-14/h7H,3-6,8,17H2,1-2H3. The maximum absolute atomic E-state index is 14.6. The SMILES string of the molecule is COc1c(F)c(C2(CN)CCCC2)cc(C)c1Br. The number of hydrogen-bond donors (Lipinski definition) is 1. The predicted octanol–water partition coefficient (Wildman–Crippen LogP) is 3.68. The van der Waals surface area contributed by atoms with E-state index in [9.17, 15) is 4.39 Å². The number of hydrogen-bond acceptors (Lipinski definition) is 2. The summed E-state index contributed by atoms with van der Waals surface area (Å²) in [6, 6.07) is 1.92. The number of aryl methyl sites for hydroxylation is 1. The van der Waals surface area contributed by atoms with E-state index in [-0.39, 0.29) is 11.2 Å². The molecule has 0 amide bonds. The lowest BCUT2D eigenvalue weighted by Crippen LogP contribution is -2.33. The summed E-state index contributed by atoms with van der Waals surface area (Å²) < 4.78 is 20.5. The molecule has 0 radical (unpaired) electrons. The smallest absolute Gasteiger partial charge is 0.170 e. The van der Waals surface area contributed by atoms with Crippen LogP contribution in [0.1, 0.15) is 36.8 Å². The molecule has 0 aromatic heterocycles. The molecule has 1 aromatic rings. The quantitative estimate of drug-likeness (QED) is 0.923. The first kappa shape index (κ1) is 13.8. The van der Waals surface area contributed by atoms with Crippen LogP contribution in [0.4, 0.5) is 4.39 Å². The lowest BCUT2D eigenvalue weighted by atomic mass is 9.78. The highest BCUT2D eigenvalue weighted by Gasteiger charge is 2.38. The van der Waals surface area contributed by atoms with Crippen molar-refractivity contribution >= 4 is 15.9 Å². The summed E-state index contributed by atoms with van der Waals surface area (Å²) in [5.74, 6) is 0.0343. The Morgan fingerprint density at radius 3 is 2.56 bits per heavy atom. The van der Waals surface area contributed by atoms with Gasteiger partial charge in [0.25, 0.3) is 0 Å². The van der Waals surface area contributed by atoms with Gasteiger partial charge in [0, 0.05) is 12.0 Å². The van der Waals surface area contributed by atoms with Gasteiger partial charge in [0.2, 0.25) is 0 Å². The number of rotatable bonds is 3. The summed E-state index contributed by atoms with van der Waals surface area (Å²) in [4.78, 5) is 0. The van der Waals surface area contributed by atoms with Crippen LogP contribution in [0.15, 0.2) is 10.5 Å². The van der Waals surface area contributed by atoms with Crippen LogP contribution in [-0.4, -0.2) is 13.7 Å². The molecule has 2 rings (SSSR count). The summed E-state index contributed by atoms with van der Waals surface area (Å²) in [6.45, 7) is 2.45. The molecule has 2 N–H and O–H groups in total. The molecule has 0 aliphatic heterocycles. The van der Waals surface area contributed by atoms with E-state index in [1.54, 1.807) is 0 Å². The van der Waals surface area contributed by atoms with Crippen molar-refractivity contribution in [3.63, 3.8) is 0 Å². The fraction of sp³-hybridized carbons (Fsp3) is 0.571. The maximum atomic E-state index is 14.6. The maximum Gasteiger partial charge on any atom is 0.170 e. The summed E-state index contributed by atoms with van der Waals surface area (Å²) in [5.41, 5.74) is 7.44. The lowest BCUT2D eigenvalue weighted by Gasteiger charge is -2.29. The molecule has 0 saturated heterocycles. The first-order chi connectivity index (χ1) is 8.55. The van der Waals surface area contributed by atoms with Crippen molar-refractivity contribution in [1.29, 1.82) is 0 Å². The molecule has 0 heterocycles. The van der Waals surface area contributed by atoms with Gasteiger partial charge < -0.3 is 10.5 Å². The van der Waals surface area contributed by atoms with Crippen molar-refractivity contribution in [3.8, 4) is 5.75 Å². The number of benzene rings is 1. The zero-order valence-electron chi connectivity index (χ0n) is 10.9. The molecule has 1 fully saturated rings. The van der Waals surface area contributed by atoms with Crippen LogP contribution in [0.5, 0.6) is 5.75 Å².